The first-order chi connectivity index (χ1) is 11.7. The van der Waals surface area contributed by atoms with Crippen LogP contribution in [0, 0.1) is 0 Å². The Kier molecular flexibility index (Phi) is 6.15. The summed E-state index contributed by atoms with van der Waals surface area (Å²) in [5.74, 6) is 0. The Morgan fingerprint density at radius 2 is 1.92 bits per heavy atom. The zero-order chi connectivity index (χ0) is 18.5. The van der Waals surface area contributed by atoms with E-state index in [1.807, 2.05) is 6.92 Å². The Balaban J connectivity index is 2.12. The average Bonchev–Trinajstić information content (AvgIpc) is 2.58. The normalized spacial score (nSPS) is 12.3. The Labute approximate surface area is 143 Å². The first-order valence-electron chi connectivity index (χ1n) is 7.40. The maximum absolute atomic E-state index is 12.7. The number of nitrogens with zero attached hydrogens (tertiary/aromatic N) is 1. The number of aromatic nitrogens is 1. The molecule has 1 aromatic carbocycles. The minimum atomic E-state index is -4.53. The van der Waals surface area contributed by atoms with Crippen LogP contribution in [0.2, 0.25) is 0 Å². The summed E-state index contributed by atoms with van der Waals surface area (Å²) in [4.78, 5) is 3.52. The van der Waals surface area contributed by atoms with E-state index >= 15 is 0 Å². The molecule has 2 aromatic rings. The predicted octanol–water partition coefficient (Wildman–Crippen LogP) is 3.12. The molecule has 0 atom stereocenters. The highest BCUT2D eigenvalue weighted by atomic mass is 32.2. The molecule has 1 aromatic heterocycles. The lowest BCUT2D eigenvalue weighted by atomic mass is 10.2. The maximum Gasteiger partial charge on any atom is 0.417 e. The highest BCUT2D eigenvalue weighted by Crippen LogP contribution is 2.28. The highest BCUT2D eigenvalue weighted by molar-refractivity contribution is 7.89. The first-order valence-corrected chi connectivity index (χ1v) is 8.88. The van der Waals surface area contributed by atoms with Gasteiger partial charge in [-0.25, -0.2) is 13.1 Å². The first kappa shape index (κ1) is 19.4. The van der Waals surface area contributed by atoms with Gasteiger partial charge in [0.05, 0.1) is 17.1 Å². The van der Waals surface area contributed by atoms with Crippen molar-refractivity contribution in [1.82, 2.24) is 9.71 Å². The summed E-state index contributed by atoms with van der Waals surface area (Å²) in [6.07, 6.45) is -2.66. The second-order valence-electron chi connectivity index (χ2n) is 5.19. The van der Waals surface area contributed by atoms with Crippen LogP contribution in [0.5, 0.6) is 0 Å². The molecule has 1 N–H and O–H groups in total. The van der Waals surface area contributed by atoms with Crippen molar-refractivity contribution < 1.29 is 26.3 Å². The number of hydrogen-bond donors (Lipinski definition) is 1. The monoisotopic (exact) mass is 374 g/mol. The molecular formula is C16H17F3N2O3S. The standard InChI is InChI=1S/C16H17F3N2O3S/c1-2-24-11-12-4-3-5-15(7-12)25(22,23)21-9-13-6-14(10-20-8-13)16(17,18)19/h3-8,10,21H,2,9,11H2,1H3. The van der Waals surface area contributed by atoms with Gasteiger partial charge in [-0.1, -0.05) is 12.1 Å². The molecule has 0 aliphatic rings. The van der Waals surface area contributed by atoms with Crippen LogP contribution >= 0.6 is 0 Å². The van der Waals surface area contributed by atoms with E-state index in [2.05, 4.69) is 9.71 Å². The van der Waals surface area contributed by atoms with Crippen LogP contribution in [0.15, 0.2) is 47.6 Å². The Bertz CT molecular complexity index is 823. The summed E-state index contributed by atoms with van der Waals surface area (Å²) in [6.45, 7) is 2.30. The summed E-state index contributed by atoms with van der Waals surface area (Å²) >= 11 is 0. The van der Waals surface area contributed by atoms with Crippen LogP contribution in [-0.2, 0) is 34.1 Å². The molecule has 25 heavy (non-hydrogen) atoms. The van der Waals surface area contributed by atoms with Gasteiger partial charge < -0.3 is 4.74 Å². The van der Waals surface area contributed by atoms with Crippen molar-refractivity contribution in [3.05, 3.63) is 59.4 Å². The molecule has 0 unspecified atom stereocenters. The van der Waals surface area contributed by atoms with Crippen LogP contribution < -0.4 is 4.72 Å². The lowest BCUT2D eigenvalue weighted by Crippen LogP contribution is -2.23. The molecule has 0 radical (unpaired) electrons. The SMILES string of the molecule is CCOCc1cccc(S(=O)(=O)NCc2cncc(C(F)(F)F)c2)c1. The zero-order valence-electron chi connectivity index (χ0n) is 13.4. The molecule has 2 rings (SSSR count). The molecule has 0 amide bonds. The van der Waals surface area contributed by atoms with E-state index in [0.29, 0.717) is 18.4 Å². The number of halogens is 3. The molecule has 0 spiro atoms. The van der Waals surface area contributed by atoms with E-state index in [4.69, 9.17) is 4.74 Å². The van der Waals surface area contributed by atoms with Crippen molar-refractivity contribution in [1.29, 1.82) is 0 Å². The van der Waals surface area contributed by atoms with Gasteiger partial charge in [-0.05, 0) is 36.2 Å². The fraction of sp³-hybridized carbons (Fsp3) is 0.312. The van der Waals surface area contributed by atoms with Gasteiger partial charge in [0.15, 0.2) is 0 Å². The number of sulfonamides is 1. The molecule has 0 bridgehead atoms. The summed E-state index contributed by atoms with van der Waals surface area (Å²) < 4.78 is 70.1. The van der Waals surface area contributed by atoms with E-state index in [9.17, 15) is 21.6 Å². The fourth-order valence-corrected chi connectivity index (χ4v) is 3.11. The van der Waals surface area contributed by atoms with Crippen molar-refractivity contribution in [3.63, 3.8) is 0 Å². The van der Waals surface area contributed by atoms with Crippen LogP contribution in [0.4, 0.5) is 13.2 Å². The van der Waals surface area contributed by atoms with Gasteiger partial charge >= 0.3 is 6.18 Å². The minimum Gasteiger partial charge on any atom is -0.377 e. The Morgan fingerprint density at radius 1 is 1.16 bits per heavy atom. The third-order valence-corrected chi connectivity index (χ3v) is 4.67. The third kappa shape index (κ3) is 5.52. The van der Waals surface area contributed by atoms with Gasteiger partial charge in [0.1, 0.15) is 0 Å². The van der Waals surface area contributed by atoms with Crippen molar-refractivity contribution in [2.45, 2.75) is 31.1 Å². The third-order valence-electron chi connectivity index (χ3n) is 3.27. The molecule has 0 aliphatic carbocycles. The second-order valence-corrected chi connectivity index (χ2v) is 6.96. The van der Waals surface area contributed by atoms with Crippen molar-refractivity contribution >= 4 is 10.0 Å². The van der Waals surface area contributed by atoms with Crippen LogP contribution in [-0.4, -0.2) is 20.0 Å². The van der Waals surface area contributed by atoms with Gasteiger partial charge in [-0.2, -0.15) is 13.2 Å². The van der Waals surface area contributed by atoms with Gasteiger partial charge in [-0.3, -0.25) is 4.98 Å². The van der Waals surface area contributed by atoms with Gasteiger partial charge in [0, 0.05) is 25.5 Å². The summed E-state index contributed by atoms with van der Waals surface area (Å²) in [5.41, 5.74) is -0.128. The quantitative estimate of drug-likeness (QED) is 0.809. The number of ether oxygens (including phenoxy) is 1. The van der Waals surface area contributed by atoms with E-state index in [0.717, 1.165) is 6.07 Å². The van der Waals surface area contributed by atoms with Crippen molar-refractivity contribution in [2.24, 2.45) is 0 Å². The van der Waals surface area contributed by atoms with E-state index in [1.165, 1.54) is 18.3 Å². The lowest BCUT2D eigenvalue weighted by Gasteiger charge is -2.10. The average molecular weight is 374 g/mol. The maximum atomic E-state index is 12.7. The molecule has 5 nitrogen and oxygen atoms in total. The minimum absolute atomic E-state index is 0.0182. The van der Waals surface area contributed by atoms with Gasteiger partial charge in [0.2, 0.25) is 10.0 Å². The van der Waals surface area contributed by atoms with Crippen LogP contribution in [0.25, 0.3) is 0 Å². The Hall–Kier alpha value is -1.97. The molecular weight excluding hydrogens is 357 g/mol. The molecule has 0 saturated carbocycles. The molecule has 0 saturated heterocycles. The fourth-order valence-electron chi connectivity index (χ4n) is 2.02. The molecule has 0 fully saturated rings. The molecule has 1 heterocycles. The summed E-state index contributed by atoms with van der Waals surface area (Å²) in [6, 6.07) is 7.03. The van der Waals surface area contributed by atoms with Crippen molar-refractivity contribution in [3.8, 4) is 0 Å². The highest BCUT2D eigenvalue weighted by Gasteiger charge is 2.31. The van der Waals surface area contributed by atoms with Crippen LogP contribution in [0.3, 0.4) is 0 Å². The molecule has 136 valence electrons. The second kappa shape index (κ2) is 7.94. The topological polar surface area (TPSA) is 68.3 Å². The number of rotatable bonds is 7. The molecule has 9 heteroatoms. The van der Waals surface area contributed by atoms with E-state index < -0.39 is 21.8 Å². The smallest absolute Gasteiger partial charge is 0.377 e. The number of alkyl halides is 3. The predicted molar refractivity (Wildman–Crippen MR) is 85.0 cm³/mol. The summed E-state index contributed by atoms with van der Waals surface area (Å²) in [7, 11) is -3.87. The van der Waals surface area contributed by atoms with E-state index in [1.54, 1.807) is 12.1 Å². The number of pyridine rings is 1. The number of hydrogen-bond acceptors (Lipinski definition) is 4. The number of benzene rings is 1. The van der Waals surface area contributed by atoms with Gasteiger partial charge in [-0.15, -0.1) is 0 Å². The van der Waals surface area contributed by atoms with E-state index in [-0.39, 0.29) is 23.6 Å². The Morgan fingerprint density at radius 3 is 2.60 bits per heavy atom. The summed E-state index contributed by atoms with van der Waals surface area (Å²) in [5, 5.41) is 0. The zero-order valence-corrected chi connectivity index (χ0v) is 14.2. The van der Waals surface area contributed by atoms with Crippen LogP contribution in [0.1, 0.15) is 23.6 Å². The largest absolute Gasteiger partial charge is 0.417 e. The number of nitrogens with one attached hydrogen (secondary N) is 1. The van der Waals surface area contributed by atoms with Crippen molar-refractivity contribution in [2.75, 3.05) is 6.61 Å². The van der Waals surface area contributed by atoms with Gasteiger partial charge in [0.25, 0.3) is 0 Å². The lowest BCUT2D eigenvalue weighted by molar-refractivity contribution is -0.137. The molecule has 0 aliphatic heterocycles.